The Hall–Kier alpha value is -4.62. The average Bonchev–Trinajstić information content (AvgIpc) is 3.04. The first kappa shape index (κ1) is 26.6. The van der Waals surface area contributed by atoms with Gasteiger partial charge < -0.3 is 4.90 Å². The monoisotopic (exact) mass is 531 g/mol. The van der Waals surface area contributed by atoms with Crippen molar-refractivity contribution >= 4 is 22.1 Å². The first-order valence-electron chi connectivity index (χ1n) is 14.7. The zero-order chi connectivity index (χ0) is 28.2. The normalized spacial score (nSPS) is 11.1. The minimum atomic E-state index is 1.10. The van der Waals surface area contributed by atoms with Gasteiger partial charge in [-0.25, -0.2) is 0 Å². The molecule has 0 unspecified atom stereocenters. The Balaban J connectivity index is 1.30. The molecule has 0 aliphatic rings. The summed E-state index contributed by atoms with van der Waals surface area (Å²) in [6, 6.07) is 48.9. The van der Waals surface area contributed by atoms with Crippen molar-refractivity contribution in [1.29, 1.82) is 0 Å². The molecule has 1 heteroatoms. The standard InChI is InChI=1S/C40H37N/c1-4-5-10-35-25-37(32-17-15-29(2)16-18-32)26-36-20-19-34(28-40(35)36)31-21-23-38(24-22-31)41(3)39-14-9-13-33(27-39)30-11-7-6-8-12-30/h6-9,11-28H,4-5,10H2,1-3H3. The Labute approximate surface area is 244 Å². The fourth-order valence-corrected chi connectivity index (χ4v) is 5.65. The van der Waals surface area contributed by atoms with Crippen LogP contribution >= 0.6 is 0 Å². The third-order valence-electron chi connectivity index (χ3n) is 8.15. The molecule has 0 amide bonds. The van der Waals surface area contributed by atoms with Crippen molar-refractivity contribution in [1.82, 2.24) is 0 Å². The van der Waals surface area contributed by atoms with Crippen molar-refractivity contribution in [3.05, 3.63) is 145 Å². The lowest BCUT2D eigenvalue weighted by Crippen LogP contribution is -2.09. The number of fused-ring (bicyclic) bond motifs is 1. The maximum Gasteiger partial charge on any atom is 0.0414 e. The van der Waals surface area contributed by atoms with Gasteiger partial charge in [-0.15, -0.1) is 0 Å². The second kappa shape index (κ2) is 11.9. The van der Waals surface area contributed by atoms with E-state index in [-0.39, 0.29) is 0 Å². The summed E-state index contributed by atoms with van der Waals surface area (Å²) in [4.78, 5) is 2.26. The molecular weight excluding hydrogens is 494 g/mol. The summed E-state index contributed by atoms with van der Waals surface area (Å²) in [5, 5.41) is 2.68. The number of unbranched alkanes of at least 4 members (excludes halogenated alkanes) is 1. The Morgan fingerprint density at radius 1 is 0.512 bits per heavy atom. The van der Waals surface area contributed by atoms with E-state index in [0.717, 1.165) is 6.42 Å². The van der Waals surface area contributed by atoms with Crippen LogP contribution in [0.1, 0.15) is 30.9 Å². The lowest BCUT2D eigenvalue weighted by atomic mass is 9.92. The molecule has 0 heterocycles. The molecule has 0 spiro atoms. The molecule has 0 aromatic heterocycles. The van der Waals surface area contributed by atoms with Crippen LogP contribution < -0.4 is 4.90 Å². The molecule has 0 saturated heterocycles. The minimum absolute atomic E-state index is 1.10. The third-order valence-corrected chi connectivity index (χ3v) is 8.15. The fraction of sp³-hybridized carbons (Fsp3) is 0.150. The predicted molar refractivity (Wildman–Crippen MR) is 178 cm³/mol. The van der Waals surface area contributed by atoms with E-state index in [1.807, 2.05) is 0 Å². The van der Waals surface area contributed by atoms with Gasteiger partial charge in [0.25, 0.3) is 0 Å². The number of benzene rings is 6. The van der Waals surface area contributed by atoms with Crippen LogP contribution in [0.25, 0.3) is 44.2 Å². The van der Waals surface area contributed by atoms with E-state index in [2.05, 4.69) is 159 Å². The Kier molecular flexibility index (Phi) is 7.69. The zero-order valence-electron chi connectivity index (χ0n) is 24.3. The Bertz CT molecular complexity index is 1760. The molecule has 0 bridgehead atoms. The molecule has 6 aromatic carbocycles. The molecular formula is C40H37N. The number of aryl methyl sites for hydroxylation is 2. The highest BCUT2D eigenvalue weighted by molar-refractivity contribution is 5.93. The first-order chi connectivity index (χ1) is 20.1. The topological polar surface area (TPSA) is 3.24 Å². The van der Waals surface area contributed by atoms with Crippen molar-refractivity contribution in [2.45, 2.75) is 33.1 Å². The zero-order valence-corrected chi connectivity index (χ0v) is 24.3. The Morgan fingerprint density at radius 2 is 1.15 bits per heavy atom. The van der Waals surface area contributed by atoms with Crippen molar-refractivity contribution in [3.8, 4) is 33.4 Å². The molecule has 202 valence electrons. The molecule has 0 atom stereocenters. The molecule has 1 nitrogen and oxygen atoms in total. The van der Waals surface area contributed by atoms with Crippen LogP contribution in [-0.2, 0) is 6.42 Å². The predicted octanol–water partition coefficient (Wildman–Crippen LogP) is 11.3. The molecule has 0 radical (unpaired) electrons. The van der Waals surface area contributed by atoms with Crippen LogP contribution in [0.5, 0.6) is 0 Å². The van der Waals surface area contributed by atoms with Crippen LogP contribution in [-0.4, -0.2) is 7.05 Å². The lowest BCUT2D eigenvalue weighted by Gasteiger charge is -2.21. The molecule has 41 heavy (non-hydrogen) atoms. The van der Waals surface area contributed by atoms with E-state index in [0.29, 0.717) is 0 Å². The van der Waals surface area contributed by atoms with E-state index >= 15 is 0 Å². The van der Waals surface area contributed by atoms with Crippen LogP contribution in [0, 0.1) is 6.92 Å². The molecule has 6 aromatic rings. The van der Waals surface area contributed by atoms with Crippen molar-refractivity contribution < 1.29 is 0 Å². The maximum absolute atomic E-state index is 2.41. The fourth-order valence-electron chi connectivity index (χ4n) is 5.65. The van der Waals surface area contributed by atoms with Crippen molar-refractivity contribution in [2.75, 3.05) is 11.9 Å². The quantitative estimate of drug-likeness (QED) is 0.189. The second-order valence-corrected chi connectivity index (χ2v) is 11.1. The smallest absolute Gasteiger partial charge is 0.0414 e. The summed E-state index contributed by atoms with van der Waals surface area (Å²) in [6.45, 7) is 4.42. The van der Waals surface area contributed by atoms with E-state index in [1.165, 1.54) is 79.5 Å². The Morgan fingerprint density at radius 3 is 1.90 bits per heavy atom. The number of anilines is 2. The molecule has 0 fully saturated rings. The highest BCUT2D eigenvalue weighted by Crippen LogP contribution is 2.34. The highest BCUT2D eigenvalue weighted by Gasteiger charge is 2.10. The SMILES string of the molecule is CCCCc1cc(-c2ccc(C)cc2)cc2ccc(-c3ccc(N(C)c4cccc(-c5ccccc5)c4)cc3)cc12. The molecule has 6 rings (SSSR count). The average molecular weight is 532 g/mol. The summed E-state index contributed by atoms with van der Waals surface area (Å²) in [5.74, 6) is 0. The summed E-state index contributed by atoms with van der Waals surface area (Å²) in [5.41, 5.74) is 12.6. The largest absolute Gasteiger partial charge is 0.345 e. The highest BCUT2D eigenvalue weighted by atomic mass is 15.1. The van der Waals surface area contributed by atoms with Crippen LogP contribution in [0.2, 0.25) is 0 Å². The number of hydrogen-bond acceptors (Lipinski definition) is 1. The van der Waals surface area contributed by atoms with Gasteiger partial charge in [-0.1, -0.05) is 116 Å². The van der Waals surface area contributed by atoms with Crippen LogP contribution in [0.4, 0.5) is 11.4 Å². The van der Waals surface area contributed by atoms with E-state index in [9.17, 15) is 0 Å². The summed E-state index contributed by atoms with van der Waals surface area (Å²) >= 11 is 0. The van der Waals surface area contributed by atoms with Gasteiger partial charge in [0.2, 0.25) is 0 Å². The van der Waals surface area contributed by atoms with Gasteiger partial charge in [-0.3, -0.25) is 0 Å². The van der Waals surface area contributed by atoms with Gasteiger partial charge >= 0.3 is 0 Å². The molecule has 0 aliphatic carbocycles. The van der Waals surface area contributed by atoms with Gasteiger partial charge in [-0.05, 0) is 106 Å². The van der Waals surface area contributed by atoms with Crippen LogP contribution in [0.15, 0.2) is 133 Å². The number of nitrogens with zero attached hydrogens (tertiary/aromatic N) is 1. The van der Waals surface area contributed by atoms with Gasteiger partial charge in [0.15, 0.2) is 0 Å². The van der Waals surface area contributed by atoms with E-state index in [4.69, 9.17) is 0 Å². The van der Waals surface area contributed by atoms with Crippen molar-refractivity contribution in [3.63, 3.8) is 0 Å². The van der Waals surface area contributed by atoms with Gasteiger partial charge in [0.05, 0.1) is 0 Å². The number of rotatable bonds is 8. The summed E-state index contributed by atoms with van der Waals surface area (Å²) in [6.07, 6.45) is 3.49. The van der Waals surface area contributed by atoms with E-state index in [1.54, 1.807) is 0 Å². The third kappa shape index (κ3) is 5.81. The van der Waals surface area contributed by atoms with E-state index < -0.39 is 0 Å². The molecule has 0 aliphatic heterocycles. The van der Waals surface area contributed by atoms with Gasteiger partial charge in [0, 0.05) is 18.4 Å². The summed E-state index contributed by atoms with van der Waals surface area (Å²) < 4.78 is 0. The van der Waals surface area contributed by atoms with Crippen LogP contribution in [0.3, 0.4) is 0 Å². The van der Waals surface area contributed by atoms with Crippen molar-refractivity contribution in [2.24, 2.45) is 0 Å². The van der Waals surface area contributed by atoms with Gasteiger partial charge in [0.1, 0.15) is 0 Å². The minimum Gasteiger partial charge on any atom is -0.345 e. The second-order valence-electron chi connectivity index (χ2n) is 11.1. The summed E-state index contributed by atoms with van der Waals surface area (Å²) in [7, 11) is 2.14. The first-order valence-corrected chi connectivity index (χ1v) is 14.7. The maximum atomic E-state index is 2.41. The molecule has 0 N–H and O–H groups in total. The number of hydrogen-bond donors (Lipinski definition) is 0. The molecule has 0 saturated carbocycles. The lowest BCUT2D eigenvalue weighted by molar-refractivity contribution is 0.799. The van der Waals surface area contributed by atoms with Gasteiger partial charge in [-0.2, -0.15) is 0 Å².